The number of carboxylic acid groups (broad SMARTS) is 1. The van der Waals surface area contributed by atoms with Gasteiger partial charge in [0.15, 0.2) is 11.7 Å². The molecule has 1 aromatic rings. The number of para-hydroxylation sites is 1. The zero-order chi connectivity index (χ0) is 18.2. The number of carbonyl (C=O) groups is 3. The highest BCUT2D eigenvalue weighted by Crippen LogP contribution is 2.31. The van der Waals surface area contributed by atoms with Crippen LogP contribution in [0.15, 0.2) is 24.3 Å². The van der Waals surface area contributed by atoms with Gasteiger partial charge in [-0.15, -0.1) is 0 Å². The minimum Gasteiger partial charge on any atom is -0.480 e. The summed E-state index contributed by atoms with van der Waals surface area (Å²) in [4.78, 5) is 37.6. The summed E-state index contributed by atoms with van der Waals surface area (Å²) in [6, 6.07) is 6.77. The topological polar surface area (TPSA) is 74.7 Å². The Kier molecular flexibility index (Phi) is 7.16. The van der Waals surface area contributed by atoms with Crippen molar-refractivity contribution < 1.29 is 19.5 Å². The standard InChI is InChI=1S/C20H27NO4/c1-2-3-4-5-6-7-8-11-14-21-16-13-10-9-12-15(16)18(22)17(19(21)23)20(24)25/h9-10,12-13,17H,2-8,11,14H2,1H3,(H,24,25)/t17-/m1/s1. The molecule has 5 heteroatoms. The first kappa shape index (κ1) is 19.2. The van der Waals surface area contributed by atoms with Crippen molar-refractivity contribution in [1.29, 1.82) is 0 Å². The fourth-order valence-corrected chi connectivity index (χ4v) is 3.31. The van der Waals surface area contributed by atoms with Gasteiger partial charge in [0.05, 0.1) is 5.69 Å². The van der Waals surface area contributed by atoms with Gasteiger partial charge in [0, 0.05) is 12.1 Å². The van der Waals surface area contributed by atoms with Crippen molar-refractivity contribution in [3.63, 3.8) is 0 Å². The lowest BCUT2D eigenvalue weighted by molar-refractivity contribution is -0.144. The van der Waals surface area contributed by atoms with Crippen molar-refractivity contribution in [2.75, 3.05) is 11.4 Å². The number of amides is 1. The van der Waals surface area contributed by atoms with Crippen LogP contribution in [0.4, 0.5) is 5.69 Å². The second-order valence-electron chi connectivity index (χ2n) is 6.62. The number of hydrogen-bond donors (Lipinski definition) is 1. The van der Waals surface area contributed by atoms with Gasteiger partial charge in [-0.3, -0.25) is 14.4 Å². The smallest absolute Gasteiger partial charge is 0.324 e. The SMILES string of the molecule is CCCCCCCCCCN1C(=O)[C@H](C(=O)O)C(=O)c2ccccc21. The van der Waals surface area contributed by atoms with Crippen LogP contribution in [0.3, 0.4) is 0 Å². The van der Waals surface area contributed by atoms with Gasteiger partial charge < -0.3 is 10.0 Å². The van der Waals surface area contributed by atoms with E-state index in [-0.39, 0.29) is 0 Å². The summed E-state index contributed by atoms with van der Waals surface area (Å²) >= 11 is 0. The lowest BCUT2D eigenvalue weighted by Gasteiger charge is -2.31. The molecule has 0 fully saturated rings. The fraction of sp³-hybridized carbons (Fsp3) is 0.550. The van der Waals surface area contributed by atoms with Crippen molar-refractivity contribution in [1.82, 2.24) is 0 Å². The van der Waals surface area contributed by atoms with E-state index in [4.69, 9.17) is 0 Å². The number of Topliss-reactive ketones (excluding diaryl/α,β-unsaturated/α-hetero) is 1. The van der Waals surface area contributed by atoms with E-state index in [1.165, 1.54) is 37.0 Å². The first-order valence-electron chi connectivity index (χ1n) is 9.25. The van der Waals surface area contributed by atoms with Crippen LogP contribution in [-0.4, -0.2) is 29.3 Å². The molecule has 1 amide bonds. The van der Waals surface area contributed by atoms with E-state index in [0.29, 0.717) is 17.8 Å². The summed E-state index contributed by atoms with van der Waals surface area (Å²) in [5, 5.41) is 9.27. The number of carbonyl (C=O) groups excluding carboxylic acids is 2. The predicted octanol–water partition coefficient (Wildman–Crippen LogP) is 4.06. The van der Waals surface area contributed by atoms with Gasteiger partial charge >= 0.3 is 5.97 Å². The average Bonchev–Trinajstić information content (AvgIpc) is 2.59. The summed E-state index contributed by atoms with van der Waals surface area (Å²) < 4.78 is 0. The van der Waals surface area contributed by atoms with Crippen LogP contribution in [-0.2, 0) is 9.59 Å². The zero-order valence-corrected chi connectivity index (χ0v) is 14.9. The molecular weight excluding hydrogens is 318 g/mol. The maximum Gasteiger partial charge on any atom is 0.324 e. The molecule has 0 unspecified atom stereocenters. The summed E-state index contributed by atoms with van der Waals surface area (Å²) in [7, 11) is 0. The summed E-state index contributed by atoms with van der Waals surface area (Å²) in [5.41, 5.74) is 0.868. The van der Waals surface area contributed by atoms with Gasteiger partial charge in [-0.25, -0.2) is 0 Å². The molecule has 1 atom stereocenters. The van der Waals surface area contributed by atoms with Gasteiger partial charge in [-0.2, -0.15) is 0 Å². The molecule has 1 aromatic carbocycles. The highest BCUT2D eigenvalue weighted by molar-refractivity contribution is 6.30. The minimum absolute atomic E-state index is 0.328. The van der Waals surface area contributed by atoms with E-state index in [1.54, 1.807) is 24.3 Å². The van der Waals surface area contributed by atoms with Crippen molar-refractivity contribution in [3.8, 4) is 0 Å². The quantitative estimate of drug-likeness (QED) is 0.512. The molecule has 0 spiro atoms. The van der Waals surface area contributed by atoms with E-state index in [2.05, 4.69) is 6.92 Å². The number of aliphatic carboxylic acids is 1. The second-order valence-corrected chi connectivity index (χ2v) is 6.62. The number of nitrogens with zero attached hydrogens (tertiary/aromatic N) is 1. The molecule has 1 N–H and O–H groups in total. The molecule has 5 nitrogen and oxygen atoms in total. The Bertz CT molecular complexity index is 626. The first-order valence-corrected chi connectivity index (χ1v) is 9.25. The number of ketones is 1. The van der Waals surface area contributed by atoms with Crippen molar-refractivity contribution >= 4 is 23.3 Å². The van der Waals surface area contributed by atoms with Crippen LogP contribution in [0.1, 0.15) is 68.6 Å². The summed E-state index contributed by atoms with van der Waals surface area (Å²) in [6.45, 7) is 2.66. The molecule has 0 aliphatic carbocycles. The van der Waals surface area contributed by atoms with Crippen molar-refractivity contribution in [2.45, 2.75) is 58.3 Å². The monoisotopic (exact) mass is 345 g/mol. The highest BCUT2D eigenvalue weighted by atomic mass is 16.4. The highest BCUT2D eigenvalue weighted by Gasteiger charge is 2.43. The first-order chi connectivity index (χ1) is 12.1. The number of carboxylic acids is 1. The molecule has 0 bridgehead atoms. The van der Waals surface area contributed by atoms with E-state index in [9.17, 15) is 19.5 Å². The third kappa shape index (κ3) is 4.68. The van der Waals surface area contributed by atoms with Crippen LogP contribution in [0.5, 0.6) is 0 Å². The fourth-order valence-electron chi connectivity index (χ4n) is 3.31. The Morgan fingerprint density at radius 2 is 1.60 bits per heavy atom. The maximum absolute atomic E-state index is 12.5. The van der Waals surface area contributed by atoms with Gasteiger partial charge in [0.25, 0.3) is 0 Å². The average molecular weight is 345 g/mol. The largest absolute Gasteiger partial charge is 0.480 e. The van der Waals surface area contributed by atoms with Crippen molar-refractivity contribution in [3.05, 3.63) is 29.8 Å². The van der Waals surface area contributed by atoms with Gasteiger partial charge in [-0.1, -0.05) is 64.0 Å². The van der Waals surface area contributed by atoms with Gasteiger partial charge in [-0.05, 0) is 18.6 Å². The predicted molar refractivity (Wildman–Crippen MR) is 96.9 cm³/mol. The number of benzene rings is 1. The number of anilines is 1. The van der Waals surface area contributed by atoms with E-state index in [0.717, 1.165) is 19.3 Å². The third-order valence-corrected chi connectivity index (χ3v) is 4.72. The molecular formula is C20H27NO4. The van der Waals surface area contributed by atoms with E-state index >= 15 is 0 Å². The molecule has 0 aromatic heterocycles. The Hall–Kier alpha value is -2.17. The molecule has 0 radical (unpaired) electrons. The van der Waals surface area contributed by atoms with Gasteiger partial charge in [0.2, 0.25) is 5.91 Å². The number of hydrogen-bond acceptors (Lipinski definition) is 3. The zero-order valence-electron chi connectivity index (χ0n) is 14.9. The summed E-state index contributed by atoms with van der Waals surface area (Å²) in [5.74, 6) is -4.20. The molecule has 25 heavy (non-hydrogen) atoms. The Morgan fingerprint density at radius 3 is 2.24 bits per heavy atom. The van der Waals surface area contributed by atoms with Crippen LogP contribution in [0.25, 0.3) is 0 Å². The van der Waals surface area contributed by atoms with E-state index in [1.807, 2.05) is 0 Å². The second kappa shape index (κ2) is 9.35. The maximum atomic E-state index is 12.5. The van der Waals surface area contributed by atoms with Crippen LogP contribution in [0, 0.1) is 5.92 Å². The van der Waals surface area contributed by atoms with Crippen LogP contribution in [0.2, 0.25) is 0 Å². The molecule has 1 aliphatic heterocycles. The van der Waals surface area contributed by atoms with Crippen LogP contribution >= 0.6 is 0 Å². The number of rotatable bonds is 10. The lowest BCUT2D eigenvalue weighted by atomic mass is 9.90. The molecule has 136 valence electrons. The lowest BCUT2D eigenvalue weighted by Crippen LogP contribution is -2.48. The minimum atomic E-state index is -1.61. The molecule has 1 heterocycles. The number of unbranched alkanes of at least 4 members (excludes halogenated alkanes) is 7. The van der Waals surface area contributed by atoms with Gasteiger partial charge in [0.1, 0.15) is 0 Å². The summed E-state index contributed by atoms with van der Waals surface area (Å²) in [6.07, 6.45) is 9.17. The molecule has 1 aliphatic rings. The van der Waals surface area contributed by atoms with E-state index < -0.39 is 23.6 Å². The third-order valence-electron chi connectivity index (χ3n) is 4.72. The van der Waals surface area contributed by atoms with Crippen LogP contribution < -0.4 is 4.90 Å². The normalized spacial score (nSPS) is 16.8. The molecule has 0 saturated carbocycles. The number of fused-ring (bicyclic) bond motifs is 1. The molecule has 2 rings (SSSR count). The Labute approximate surface area is 149 Å². The Morgan fingerprint density at radius 1 is 1.00 bits per heavy atom. The Balaban J connectivity index is 1.94. The molecule has 0 saturated heterocycles. The van der Waals surface area contributed by atoms with Crippen molar-refractivity contribution in [2.24, 2.45) is 5.92 Å².